The molecule has 6 heteroatoms. The molecule has 19 heavy (non-hydrogen) atoms. The molecule has 2 rings (SSSR count). The van der Waals surface area contributed by atoms with E-state index >= 15 is 0 Å². The molecule has 0 radical (unpaired) electrons. The highest BCUT2D eigenvalue weighted by Crippen LogP contribution is 2.26. The largest absolute Gasteiger partial charge is 0.480 e. The van der Waals surface area contributed by atoms with E-state index in [0.717, 1.165) is 37.0 Å². The first-order valence-corrected chi connectivity index (χ1v) is 6.34. The van der Waals surface area contributed by atoms with E-state index in [1.807, 2.05) is 0 Å². The second kappa shape index (κ2) is 4.68. The number of aryl methyl sites for hydroxylation is 1. The molecule has 0 saturated heterocycles. The topological polar surface area (TPSA) is 83.6 Å². The van der Waals surface area contributed by atoms with Gasteiger partial charge in [0, 0.05) is 19.0 Å². The van der Waals surface area contributed by atoms with Crippen molar-refractivity contribution in [2.75, 3.05) is 7.05 Å². The van der Waals surface area contributed by atoms with E-state index in [0.29, 0.717) is 0 Å². The predicted molar refractivity (Wildman–Crippen MR) is 67.0 cm³/mol. The van der Waals surface area contributed by atoms with Crippen molar-refractivity contribution in [3.05, 3.63) is 17.0 Å². The lowest BCUT2D eigenvalue weighted by molar-refractivity contribution is -0.147. The fourth-order valence-corrected chi connectivity index (χ4v) is 2.11. The Morgan fingerprint density at radius 2 is 1.95 bits per heavy atom. The molecule has 0 aliphatic heterocycles. The predicted octanol–water partition coefficient (Wildman–Crippen LogP) is 1.49. The number of likely N-dealkylation sites (N-methyl/N-ethyl adjacent to an activating group) is 1. The molecule has 1 heterocycles. The van der Waals surface area contributed by atoms with E-state index in [1.54, 1.807) is 0 Å². The van der Waals surface area contributed by atoms with Gasteiger partial charge in [-0.1, -0.05) is 5.16 Å². The van der Waals surface area contributed by atoms with Crippen LogP contribution < -0.4 is 0 Å². The average Bonchev–Trinajstić information content (AvgIpc) is 2.80. The number of hydrogen-bond donors (Lipinski definition) is 1. The zero-order valence-corrected chi connectivity index (χ0v) is 11.4. The van der Waals surface area contributed by atoms with E-state index in [2.05, 4.69) is 5.16 Å². The molecule has 0 saturated carbocycles. The molecule has 0 atom stereocenters. The number of aromatic nitrogens is 1. The molecule has 0 spiro atoms. The van der Waals surface area contributed by atoms with Gasteiger partial charge < -0.3 is 14.5 Å². The van der Waals surface area contributed by atoms with Crippen LogP contribution in [0.4, 0.5) is 0 Å². The van der Waals surface area contributed by atoms with Crippen molar-refractivity contribution in [3.63, 3.8) is 0 Å². The number of rotatable bonds is 3. The van der Waals surface area contributed by atoms with Crippen LogP contribution >= 0.6 is 0 Å². The first-order chi connectivity index (χ1) is 8.85. The Hall–Kier alpha value is -1.85. The number of carboxylic acid groups (broad SMARTS) is 1. The summed E-state index contributed by atoms with van der Waals surface area (Å²) in [4.78, 5) is 24.8. The van der Waals surface area contributed by atoms with Crippen LogP contribution in [0.25, 0.3) is 0 Å². The van der Waals surface area contributed by atoms with Crippen molar-refractivity contribution in [1.82, 2.24) is 10.1 Å². The summed E-state index contributed by atoms with van der Waals surface area (Å²) >= 11 is 0. The molecule has 1 aromatic heterocycles. The van der Waals surface area contributed by atoms with Gasteiger partial charge in [0.1, 0.15) is 11.3 Å². The number of fused-ring (bicyclic) bond motifs is 1. The lowest BCUT2D eigenvalue weighted by Gasteiger charge is -2.31. The monoisotopic (exact) mass is 266 g/mol. The normalized spacial score (nSPS) is 14.9. The third-order valence-electron chi connectivity index (χ3n) is 3.82. The lowest BCUT2D eigenvalue weighted by Crippen LogP contribution is -2.51. The molecule has 0 bridgehead atoms. The number of hydrogen-bond acceptors (Lipinski definition) is 4. The summed E-state index contributed by atoms with van der Waals surface area (Å²) in [7, 11) is 1.47. The number of aliphatic carboxylic acids is 1. The summed E-state index contributed by atoms with van der Waals surface area (Å²) in [5.41, 5.74) is -0.187. The second-order valence-corrected chi connectivity index (χ2v) is 5.37. The maximum Gasteiger partial charge on any atom is 0.329 e. The molecule has 104 valence electrons. The minimum Gasteiger partial charge on any atom is -0.480 e. The molecule has 6 nitrogen and oxygen atoms in total. The summed E-state index contributed by atoms with van der Waals surface area (Å²) in [6.45, 7) is 2.97. The molecule has 1 aliphatic carbocycles. The van der Waals surface area contributed by atoms with E-state index in [9.17, 15) is 9.59 Å². The number of amides is 1. The van der Waals surface area contributed by atoms with Crippen LogP contribution in [0.15, 0.2) is 4.52 Å². The molecular formula is C13H18N2O4. The molecular weight excluding hydrogens is 248 g/mol. The Balaban J connectivity index is 2.30. The quantitative estimate of drug-likeness (QED) is 0.896. The van der Waals surface area contributed by atoms with Crippen molar-refractivity contribution in [3.8, 4) is 0 Å². The van der Waals surface area contributed by atoms with Crippen LogP contribution in [-0.2, 0) is 17.6 Å². The van der Waals surface area contributed by atoms with Gasteiger partial charge in [-0.2, -0.15) is 0 Å². The average molecular weight is 266 g/mol. The molecule has 1 aromatic rings. The summed E-state index contributed by atoms with van der Waals surface area (Å²) in [5, 5.41) is 13.0. The zero-order chi connectivity index (χ0) is 14.2. The number of carbonyl (C=O) groups is 2. The van der Waals surface area contributed by atoms with Crippen molar-refractivity contribution in [2.24, 2.45) is 0 Å². The van der Waals surface area contributed by atoms with Gasteiger partial charge in [0.2, 0.25) is 0 Å². The van der Waals surface area contributed by atoms with Crippen LogP contribution in [-0.4, -0.2) is 39.6 Å². The van der Waals surface area contributed by atoms with Gasteiger partial charge >= 0.3 is 5.97 Å². The summed E-state index contributed by atoms with van der Waals surface area (Å²) in [6, 6.07) is 0. The van der Waals surface area contributed by atoms with Gasteiger partial charge in [-0.3, -0.25) is 4.79 Å². The van der Waals surface area contributed by atoms with E-state index in [-0.39, 0.29) is 5.69 Å². The fraction of sp³-hybridized carbons (Fsp3) is 0.615. The minimum absolute atomic E-state index is 0.256. The molecule has 0 unspecified atom stereocenters. The van der Waals surface area contributed by atoms with Crippen LogP contribution in [0.1, 0.15) is 48.5 Å². The molecule has 0 fully saturated rings. The van der Waals surface area contributed by atoms with Crippen LogP contribution in [0.3, 0.4) is 0 Å². The van der Waals surface area contributed by atoms with Gasteiger partial charge in [-0.15, -0.1) is 0 Å². The molecule has 1 amide bonds. The van der Waals surface area contributed by atoms with Crippen LogP contribution in [0, 0.1) is 0 Å². The summed E-state index contributed by atoms with van der Waals surface area (Å²) in [6.07, 6.45) is 3.59. The first-order valence-electron chi connectivity index (χ1n) is 6.34. The SMILES string of the molecule is CN(C(=O)c1noc2c1CCCC2)C(C)(C)C(=O)O. The minimum atomic E-state index is -1.28. The Morgan fingerprint density at radius 3 is 2.58 bits per heavy atom. The van der Waals surface area contributed by atoms with Crippen LogP contribution in [0.2, 0.25) is 0 Å². The van der Waals surface area contributed by atoms with Crippen molar-refractivity contribution < 1.29 is 19.2 Å². The first kappa shape index (κ1) is 13.6. The van der Waals surface area contributed by atoms with Crippen molar-refractivity contribution in [1.29, 1.82) is 0 Å². The third-order valence-corrected chi connectivity index (χ3v) is 3.82. The lowest BCUT2D eigenvalue weighted by atomic mass is 9.95. The van der Waals surface area contributed by atoms with Crippen molar-refractivity contribution >= 4 is 11.9 Å². The van der Waals surface area contributed by atoms with Gasteiger partial charge in [-0.25, -0.2) is 4.79 Å². The smallest absolute Gasteiger partial charge is 0.329 e. The van der Waals surface area contributed by atoms with Crippen LogP contribution in [0.5, 0.6) is 0 Å². The van der Waals surface area contributed by atoms with Crippen molar-refractivity contribution in [2.45, 2.75) is 45.1 Å². The van der Waals surface area contributed by atoms with E-state index in [1.165, 1.54) is 25.8 Å². The summed E-state index contributed by atoms with van der Waals surface area (Å²) in [5.74, 6) is -0.698. The highest BCUT2D eigenvalue weighted by molar-refractivity contribution is 5.97. The third kappa shape index (κ3) is 2.22. The number of carbonyl (C=O) groups excluding carboxylic acids is 1. The number of nitrogens with zero attached hydrogens (tertiary/aromatic N) is 2. The Bertz CT molecular complexity index is 519. The fourth-order valence-electron chi connectivity index (χ4n) is 2.11. The Morgan fingerprint density at radius 1 is 1.32 bits per heavy atom. The maximum atomic E-state index is 12.4. The zero-order valence-electron chi connectivity index (χ0n) is 11.4. The Kier molecular flexibility index (Phi) is 3.34. The van der Waals surface area contributed by atoms with Gasteiger partial charge in [0.25, 0.3) is 5.91 Å². The molecule has 1 aliphatic rings. The van der Waals surface area contributed by atoms with E-state index < -0.39 is 17.4 Å². The second-order valence-electron chi connectivity index (χ2n) is 5.37. The van der Waals surface area contributed by atoms with E-state index in [4.69, 9.17) is 9.63 Å². The molecule has 0 aromatic carbocycles. The van der Waals surface area contributed by atoms with Gasteiger partial charge in [-0.05, 0) is 33.1 Å². The van der Waals surface area contributed by atoms with Gasteiger partial charge in [0.15, 0.2) is 5.69 Å². The standard InChI is InChI=1S/C13H18N2O4/c1-13(2,12(17)18)15(3)11(16)10-8-6-4-5-7-9(8)19-14-10/h4-7H2,1-3H3,(H,17,18). The highest BCUT2D eigenvalue weighted by atomic mass is 16.5. The number of carboxylic acids is 1. The molecule has 1 N–H and O–H groups in total. The van der Waals surface area contributed by atoms with Gasteiger partial charge in [0.05, 0.1) is 0 Å². The highest BCUT2D eigenvalue weighted by Gasteiger charge is 2.38. The Labute approximate surface area is 111 Å². The summed E-state index contributed by atoms with van der Waals surface area (Å²) < 4.78 is 5.19. The maximum absolute atomic E-state index is 12.4.